The number of nitrogens with one attached hydrogen (secondary N) is 1. The third kappa shape index (κ3) is 2.99. The molecule has 0 radical (unpaired) electrons. The predicted octanol–water partition coefficient (Wildman–Crippen LogP) is 1.20. The van der Waals surface area contributed by atoms with E-state index in [1.165, 1.54) is 6.07 Å². The number of pyridine rings is 1. The summed E-state index contributed by atoms with van der Waals surface area (Å²) in [5.74, 6) is 0.290. The number of H-pyrrole nitrogens is 1. The van der Waals surface area contributed by atoms with Crippen LogP contribution in [0.5, 0.6) is 0 Å². The fraction of sp³-hybridized carbons (Fsp3) is 0.471. The summed E-state index contributed by atoms with van der Waals surface area (Å²) in [6.45, 7) is 1.47. The Morgan fingerprint density at radius 3 is 2.92 bits per heavy atom. The van der Waals surface area contributed by atoms with Crippen molar-refractivity contribution in [3.8, 4) is 0 Å². The minimum absolute atomic E-state index is 0.111. The number of amides is 1. The minimum atomic E-state index is -0.209. The van der Waals surface area contributed by atoms with Gasteiger partial charge in [0.15, 0.2) is 0 Å². The molecular formula is C17H20N4O3. The van der Waals surface area contributed by atoms with Gasteiger partial charge in [-0.25, -0.2) is 0 Å². The van der Waals surface area contributed by atoms with Gasteiger partial charge in [-0.15, -0.1) is 0 Å². The zero-order chi connectivity index (χ0) is 16.7. The Labute approximate surface area is 139 Å². The molecule has 7 nitrogen and oxygen atoms in total. The smallest absolute Gasteiger partial charge is 0.254 e. The van der Waals surface area contributed by atoms with Crippen LogP contribution in [0, 0.1) is 0 Å². The van der Waals surface area contributed by atoms with Crippen LogP contribution in [-0.2, 0) is 11.8 Å². The standard InChI is InChI=1S/C17H20N4O3/c1-20-9-13(8-18-20)15-10-21(4-5-24-15)17(23)12-6-14(11-2-3-11)19-16(22)7-12/h6-9,11,15H,2-5,10H2,1H3,(H,19,22). The van der Waals surface area contributed by atoms with Crippen molar-refractivity contribution in [1.82, 2.24) is 19.7 Å². The fourth-order valence-corrected chi connectivity index (χ4v) is 3.13. The number of carbonyl (C=O) groups is 1. The Kier molecular flexibility index (Phi) is 3.72. The second-order valence-electron chi connectivity index (χ2n) is 6.52. The van der Waals surface area contributed by atoms with Gasteiger partial charge < -0.3 is 14.6 Å². The molecule has 7 heteroatoms. The summed E-state index contributed by atoms with van der Waals surface area (Å²) in [5, 5.41) is 4.16. The lowest BCUT2D eigenvalue weighted by molar-refractivity contribution is -0.0228. The third-order valence-electron chi connectivity index (χ3n) is 4.58. The van der Waals surface area contributed by atoms with Gasteiger partial charge >= 0.3 is 0 Å². The van der Waals surface area contributed by atoms with Crippen LogP contribution in [0.4, 0.5) is 0 Å². The van der Waals surface area contributed by atoms with Crippen molar-refractivity contribution < 1.29 is 9.53 Å². The molecule has 2 aromatic rings. The normalized spacial score (nSPS) is 21.0. The van der Waals surface area contributed by atoms with Crippen molar-refractivity contribution in [3.05, 3.63) is 51.7 Å². The Balaban J connectivity index is 1.54. The van der Waals surface area contributed by atoms with Crippen molar-refractivity contribution in [1.29, 1.82) is 0 Å². The van der Waals surface area contributed by atoms with E-state index in [4.69, 9.17) is 4.74 Å². The predicted molar refractivity (Wildman–Crippen MR) is 86.8 cm³/mol. The summed E-state index contributed by atoms with van der Waals surface area (Å²) in [5.41, 5.74) is 2.09. The number of carbonyl (C=O) groups excluding carboxylic acids is 1. The summed E-state index contributed by atoms with van der Waals surface area (Å²) in [7, 11) is 1.85. The molecule has 4 rings (SSSR count). The molecule has 0 aromatic carbocycles. The van der Waals surface area contributed by atoms with Gasteiger partial charge in [0, 0.05) is 42.7 Å². The van der Waals surface area contributed by atoms with Gasteiger partial charge in [0.05, 0.1) is 19.3 Å². The highest BCUT2D eigenvalue weighted by Gasteiger charge is 2.29. The number of rotatable bonds is 3. The van der Waals surface area contributed by atoms with Crippen LogP contribution in [0.15, 0.2) is 29.3 Å². The summed E-state index contributed by atoms with van der Waals surface area (Å²) in [6.07, 6.45) is 5.64. The van der Waals surface area contributed by atoms with E-state index in [2.05, 4.69) is 10.1 Å². The number of morpholine rings is 1. The van der Waals surface area contributed by atoms with E-state index < -0.39 is 0 Å². The first kappa shape index (κ1) is 15.1. The van der Waals surface area contributed by atoms with E-state index in [1.54, 1.807) is 15.8 Å². The molecule has 24 heavy (non-hydrogen) atoms. The minimum Gasteiger partial charge on any atom is -0.370 e. The van der Waals surface area contributed by atoms with Gasteiger partial charge in [0.1, 0.15) is 6.10 Å². The first-order valence-corrected chi connectivity index (χ1v) is 8.24. The van der Waals surface area contributed by atoms with Gasteiger partial charge in [-0.05, 0) is 24.8 Å². The molecule has 126 valence electrons. The van der Waals surface area contributed by atoms with Crippen LogP contribution in [0.2, 0.25) is 0 Å². The maximum atomic E-state index is 12.8. The molecule has 0 bridgehead atoms. The third-order valence-corrected chi connectivity index (χ3v) is 4.58. The topological polar surface area (TPSA) is 80.2 Å². The highest BCUT2D eigenvalue weighted by molar-refractivity contribution is 5.94. The Bertz CT molecular complexity index is 821. The SMILES string of the molecule is Cn1cc(C2CN(C(=O)c3cc(C4CC4)[nH]c(=O)c3)CCO2)cn1. The van der Waals surface area contributed by atoms with Crippen molar-refractivity contribution in [2.75, 3.05) is 19.7 Å². The summed E-state index contributed by atoms with van der Waals surface area (Å²) in [4.78, 5) is 29.3. The number of ether oxygens (including phenoxy) is 1. The van der Waals surface area contributed by atoms with Crippen LogP contribution in [0.25, 0.3) is 0 Å². The van der Waals surface area contributed by atoms with E-state index in [9.17, 15) is 9.59 Å². The van der Waals surface area contributed by atoms with Crippen molar-refractivity contribution in [3.63, 3.8) is 0 Å². The zero-order valence-corrected chi connectivity index (χ0v) is 13.6. The van der Waals surface area contributed by atoms with Gasteiger partial charge in [0.2, 0.25) is 5.56 Å². The molecule has 1 N–H and O–H groups in total. The van der Waals surface area contributed by atoms with E-state index in [-0.39, 0.29) is 17.6 Å². The molecule has 1 aliphatic heterocycles. The van der Waals surface area contributed by atoms with Gasteiger partial charge in [-0.1, -0.05) is 0 Å². The quantitative estimate of drug-likeness (QED) is 0.918. The van der Waals surface area contributed by atoms with Crippen LogP contribution >= 0.6 is 0 Å². The average Bonchev–Trinajstić information content (AvgIpc) is 3.35. The highest BCUT2D eigenvalue weighted by Crippen LogP contribution is 2.38. The highest BCUT2D eigenvalue weighted by atomic mass is 16.5. The number of hydrogen-bond acceptors (Lipinski definition) is 4. The molecule has 1 amide bonds. The number of hydrogen-bond donors (Lipinski definition) is 1. The lowest BCUT2D eigenvalue weighted by Gasteiger charge is -2.32. The lowest BCUT2D eigenvalue weighted by Crippen LogP contribution is -2.42. The van der Waals surface area contributed by atoms with Crippen molar-refractivity contribution in [2.45, 2.75) is 24.9 Å². The summed E-state index contributed by atoms with van der Waals surface area (Å²) < 4.78 is 7.49. The van der Waals surface area contributed by atoms with Crippen LogP contribution in [-0.4, -0.2) is 45.3 Å². The molecular weight excluding hydrogens is 308 g/mol. The van der Waals surface area contributed by atoms with Crippen molar-refractivity contribution in [2.24, 2.45) is 7.05 Å². The molecule has 1 saturated carbocycles. The van der Waals surface area contributed by atoms with Crippen molar-refractivity contribution >= 4 is 5.91 Å². The number of nitrogens with zero attached hydrogens (tertiary/aromatic N) is 3. The fourth-order valence-electron chi connectivity index (χ4n) is 3.13. The maximum absolute atomic E-state index is 12.8. The number of aryl methyl sites for hydroxylation is 1. The second kappa shape index (κ2) is 5.90. The summed E-state index contributed by atoms with van der Waals surface area (Å²) in [6, 6.07) is 3.22. The maximum Gasteiger partial charge on any atom is 0.254 e. The first-order valence-electron chi connectivity index (χ1n) is 8.24. The second-order valence-corrected chi connectivity index (χ2v) is 6.52. The monoisotopic (exact) mass is 328 g/mol. The van der Waals surface area contributed by atoms with Crippen LogP contribution < -0.4 is 5.56 Å². The lowest BCUT2D eigenvalue weighted by atomic mass is 10.1. The first-order chi connectivity index (χ1) is 11.6. The van der Waals surface area contributed by atoms with E-state index >= 15 is 0 Å². The van der Waals surface area contributed by atoms with E-state index in [0.717, 1.165) is 24.1 Å². The van der Waals surface area contributed by atoms with E-state index in [0.29, 0.717) is 31.2 Å². The van der Waals surface area contributed by atoms with Crippen LogP contribution in [0.1, 0.15) is 46.5 Å². The van der Waals surface area contributed by atoms with E-state index in [1.807, 2.05) is 19.3 Å². The Morgan fingerprint density at radius 2 is 2.21 bits per heavy atom. The molecule has 2 fully saturated rings. The van der Waals surface area contributed by atoms with Gasteiger partial charge in [-0.3, -0.25) is 14.3 Å². The molecule has 1 saturated heterocycles. The molecule has 1 atom stereocenters. The molecule has 1 unspecified atom stereocenters. The van der Waals surface area contributed by atoms with Gasteiger partial charge in [-0.2, -0.15) is 5.10 Å². The largest absolute Gasteiger partial charge is 0.370 e. The van der Waals surface area contributed by atoms with Gasteiger partial charge in [0.25, 0.3) is 5.91 Å². The molecule has 2 aliphatic rings. The number of aromatic amines is 1. The molecule has 3 heterocycles. The number of aromatic nitrogens is 3. The zero-order valence-electron chi connectivity index (χ0n) is 13.6. The average molecular weight is 328 g/mol. The molecule has 2 aromatic heterocycles. The Morgan fingerprint density at radius 1 is 1.38 bits per heavy atom. The summed E-state index contributed by atoms with van der Waals surface area (Å²) >= 11 is 0. The molecule has 0 spiro atoms. The Hall–Kier alpha value is -2.41. The van der Waals surface area contributed by atoms with Crippen LogP contribution in [0.3, 0.4) is 0 Å². The molecule has 1 aliphatic carbocycles.